The Morgan fingerprint density at radius 1 is 0.917 bits per heavy atom. The van der Waals surface area contributed by atoms with Crippen molar-refractivity contribution >= 4 is 0 Å². The zero-order chi connectivity index (χ0) is 8.28. The van der Waals surface area contributed by atoms with Crippen LogP contribution in [0.3, 0.4) is 0 Å². The van der Waals surface area contributed by atoms with Crippen molar-refractivity contribution in [3.05, 3.63) is 0 Å². The lowest BCUT2D eigenvalue weighted by molar-refractivity contribution is 0.234. The third-order valence-electron chi connectivity index (χ3n) is 3.33. The standard InChI is InChI=1S/C10H19N2/c1-2-4-10(12-7-3-1)5-8-11-9-6-10/h12H,1-9H2. The first kappa shape index (κ1) is 8.52. The van der Waals surface area contributed by atoms with E-state index in [0.717, 1.165) is 13.1 Å². The molecule has 2 nitrogen and oxygen atoms in total. The van der Waals surface area contributed by atoms with Crippen molar-refractivity contribution in [3.8, 4) is 0 Å². The molecule has 0 saturated carbocycles. The summed E-state index contributed by atoms with van der Waals surface area (Å²) in [6.07, 6.45) is 8.18. The molecule has 2 heterocycles. The van der Waals surface area contributed by atoms with Gasteiger partial charge in [-0.15, -0.1) is 0 Å². The van der Waals surface area contributed by atoms with Crippen molar-refractivity contribution in [3.63, 3.8) is 0 Å². The molecule has 2 saturated heterocycles. The fraction of sp³-hybridized carbons (Fsp3) is 1.00. The molecule has 69 valence electrons. The lowest BCUT2D eigenvalue weighted by atomic mass is 9.84. The van der Waals surface area contributed by atoms with Gasteiger partial charge in [-0.2, -0.15) is 0 Å². The lowest BCUT2D eigenvalue weighted by Crippen LogP contribution is -2.50. The SMILES string of the molecule is C1CCNC2(CC1)CC[N]CC2. The van der Waals surface area contributed by atoms with Crippen LogP contribution in [0.1, 0.15) is 38.5 Å². The summed E-state index contributed by atoms with van der Waals surface area (Å²) in [4.78, 5) is 0. The number of rotatable bonds is 0. The van der Waals surface area contributed by atoms with Crippen LogP contribution in [0.5, 0.6) is 0 Å². The average molecular weight is 167 g/mol. The summed E-state index contributed by atoms with van der Waals surface area (Å²) in [6.45, 7) is 3.42. The van der Waals surface area contributed by atoms with E-state index in [1.165, 1.54) is 45.1 Å². The second-order valence-corrected chi connectivity index (χ2v) is 4.19. The number of hydrogen-bond acceptors (Lipinski definition) is 1. The van der Waals surface area contributed by atoms with E-state index < -0.39 is 0 Å². The Balaban J connectivity index is 1.95. The van der Waals surface area contributed by atoms with Crippen molar-refractivity contribution in [1.82, 2.24) is 10.6 Å². The van der Waals surface area contributed by atoms with Gasteiger partial charge in [-0.1, -0.05) is 12.8 Å². The van der Waals surface area contributed by atoms with Crippen LogP contribution in [0, 0.1) is 0 Å². The van der Waals surface area contributed by atoms with Crippen molar-refractivity contribution in [2.75, 3.05) is 19.6 Å². The Labute approximate surface area is 75.1 Å². The van der Waals surface area contributed by atoms with Crippen LogP contribution in [0.2, 0.25) is 0 Å². The zero-order valence-corrected chi connectivity index (χ0v) is 7.81. The molecule has 0 atom stereocenters. The lowest BCUT2D eigenvalue weighted by Gasteiger charge is -2.37. The minimum atomic E-state index is 0.498. The summed E-state index contributed by atoms with van der Waals surface area (Å²) in [5.74, 6) is 0. The fourth-order valence-corrected chi connectivity index (χ4v) is 2.46. The topological polar surface area (TPSA) is 26.1 Å². The third kappa shape index (κ3) is 1.80. The summed E-state index contributed by atoms with van der Waals surface area (Å²) in [5, 5.41) is 8.15. The van der Waals surface area contributed by atoms with E-state index >= 15 is 0 Å². The van der Waals surface area contributed by atoms with Crippen molar-refractivity contribution in [1.29, 1.82) is 0 Å². The largest absolute Gasteiger partial charge is 0.311 e. The molecule has 1 radical (unpaired) electrons. The van der Waals surface area contributed by atoms with Crippen LogP contribution in [0.4, 0.5) is 0 Å². The van der Waals surface area contributed by atoms with E-state index in [2.05, 4.69) is 10.6 Å². The molecule has 1 N–H and O–H groups in total. The average Bonchev–Trinajstić information content (AvgIpc) is 2.33. The smallest absolute Gasteiger partial charge is 0.0206 e. The van der Waals surface area contributed by atoms with Gasteiger partial charge in [-0.3, -0.25) is 0 Å². The maximum Gasteiger partial charge on any atom is 0.0206 e. The Morgan fingerprint density at radius 3 is 2.58 bits per heavy atom. The second kappa shape index (κ2) is 3.75. The van der Waals surface area contributed by atoms with Gasteiger partial charge < -0.3 is 5.32 Å². The third-order valence-corrected chi connectivity index (χ3v) is 3.33. The molecule has 1 spiro atoms. The maximum atomic E-state index is 4.42. The first-order valence-corrected chi connectivity index (χ1v) is 5.30. The summed E-state index contributed by atoms with van der Waals surface area (Å²) >= 11 is 0. The molecular weight excluding hydrogens is 148 g/mol. The van der Waals surface area contributed by atoms with Gasteiger partial charge in [-0.25, -0.2) is 5.32 Å². The maximum absolute atomic E-state index is 4.42. The summed E-state index contributed by atoms with van der Waals surface area (Å²) in [5.41, 5.74) is 0.498. The van der Waals surface area contributed by atoms with Crippen molar-refractivity contribution < 1.29 is 0 Å². The van der Waals surface area contributed by atoms with E-state index in [1.54, 1.807) is 0 Å². The molecule has 0 aliphatic carbocycles. The normalized spacial score (nSPS) is 30.0. The molecule has 2 heteroatoms. The number of nitrogens with one attached hydrogen (secondary N) is 1. The fourth-order valence-electron chi connectivity index (χ4n) is 2.46. The van der Waals surface area contributed by atoms with Gasteiger partial charge in [0.05, 0.1) is 0 Å². The van der Waals surface area contributed by atoms with E-state index in [1.807, 2.05) is 0 Å². The van der Waals surface area contributed by atoms with Gasteiger partial charge in [0.1, 0.15) is 0 Å². The Bertz CT molecular complexity index is 129. The van der Waals surface area contributed by atoms with E-state index in [-0.39, 0.29) is 0 Å². The molecule has 0 amide bonds. The highest BCUT2D eigenvalue weighted by molar-refractivity contribution is 4.93. The van der Waals surface area contributed by atoms with E-state index in [9.17, 15) is 0 Å². The molecule has 0 bridgehead atoms. The van der Waals surface area contributed by atoms with E-state index in [4.69, 9.17) is 0 Å². The quantitative estimate of drug-likeness (QED) is 0.578. The van der Waals surface area contributed by atoms with Gasteiger partial charge in [0, 0.05) is 18.6 Å². The first-order chi connectivity index (χ1) is 5.91. The summed E-state index contributed by atoms with van der Waals surface area (Å²) in [6, 6.07) is 0. The number of nitrogens with zero attached hydrogens (tertiary/aromatic N) is 1. The minimum absolute atomic E-state index is 0.498. The molecule has 0 aromatic heterocycles. The minimum Gasteiger partial charge on any atom is -0.311 e. The molecule has 2 rings (SSSR count). The number of piperidine rings is 1. The summed E-state index contributed by atoms with van der Waals surface area (Å²) in [7, 11) is 0. The van der Waals surface area contributed by atoms with Crippen LogP contribution >= 0.6 is 0 Å². The Morgan fingerprint density at radius 2 is 1.75 bits per heavy atom. The van der Waals surface area contributed by atoms with Gasteiger partial charge in [-0.05, 0) is 32.2 Å². The second-order valence-electron chi connectivity index (χ2n) is 4.19. The number of hydrogen-bond donors (Lipinski definition) is 1. The molecule has 2 fully saturated rings. The molecule has 0 unspecified atom stereocenters. The molecule has 2 aliphatic rings. The monoisotopic (exact) mass is 167 g/mol. The zero-order valence-electron chi connectivity index (χ0n) is 7.81. The predicted molar refractivity (Wildman–Crippen MR) is 50.3 cm³/mol. The highest BCUT2D eigenvalue weighted by atomic mass is 15.0. The summed E-state index contributed by atoms with van der Waals surface area (Å²) < 4.78 is 0. The van der Waals surface area contributed by atoms with Crippen LogP contribution in [-0.2, 0) is 0 Å². The molecule has 0 aromatic rings. The molecular formula is C10H19N2. The Hall–Kier alpha value is -0.0800. The highest BCUT2D eigenvalue weighted by Crippen LogP contribution is 2.27. The van der Waals surface area contributed by atoms with E-state index in [0.29, 0.717) is 5.54 Å². The highest BCUT2D eigenvalue weighted by Gasteiger charge is 2.31. The van der Waals surface area contributed by atoms with Crippen LogP contribution in [0.15, 0.2) is 0 Å². The van der Waals surface area contributed by atoms with Crippen LogP contribution in [-0.4, -0.2) is 25.2 Å². The molecule has 2 aliphatic heterocycles. The van der Waals surface area contributed by atoms with Gasteiger partial charge in [0.25, 0.3) is 0 Å². The van der Waals surface area contributed by atoms with Crippen LogP contribution < -0.4 is 10.6 Å². The first-order valence-electron chi connectivity index (χ1n) is 5.30. The van der Waals surface area contributed by atoms with Gasteiger partial charge in [0.2, 0.25) is 0 Å². The van der Waals surface area contributed by atoms with Gasteiger partial charge in [0.15, 0.2) is 0 Å². The molecule has 0 aromatic carbocycles. The van der Waals surface area contributed by atoms with Crippen LogP contribution in [0.25, 0.3) is 0 Å². The van der Waals surface area contributed by atoms with Gasteiger partial charge >= 0.3 is 0 Å². The molecule has 12 heavy (non-hydrogen) atoms. The van der Waals surface area contributed by atoms with Crippen molar-refractivity contribution in [2.24, 2.45) is 0 Å². The Kier molecular flexibility index (Phi) is 2.66. The van der Waals surface area contributed by atoms with Crippen molar-refractivity contribution in [2.45, 2.75) is 44.1 Å². The predicted octanol–water partition coefficient (Wildman–Crippen LogP) is 1.29.